The van der Waals surface area contributed by atoms with Crippen molar-refractivity contribution in [2.24, 2.45) is 16.0 Å². The second-order valence-corrected chi connectivity index (χ2v) is 5.15. The lowest BCUT2D eigenvalue weighted by molar-refractivity contribution is 0.647. The molecule has 2 N–H and O–H groups in total. The molecule has 0 bridgehead atoms. The number of benzene rings is 2. The van der Waals surface area contributed by atoms with Crippen molar-refractivity contribution in [3.63, 3.8) is 0 Å². The molecule has 0 amide bonds. The van der Waals surface area contributed by atoms with Crippen LogP contribution in [0.2, 0.25) is 0 Å². The summed E-state index contributed by atoms with van der Waals surface area (Å²) < 4.78 is 0. The normalized spacial score (nSPS) is 11.1. The molecule has 0 heterocycles. The van der Waals surface area contributed by atoms with Gasteiger partial charge in [0.05, 0.1) is 11.4 Å². The fourth-order valence-electron chi connectivity index (χ4n) is 2.17. The number of unbranched alkanes of at least 4 members (excludes halogenated alkanes) is 3. The summed E-state index contributed by atoms with van der Waals surface area (Å²) in [6.07, 6.45) is 5.98. The number of hydrogen-bond acceptors (Lipinski definition) is 3. The topological polar surface area (TPSA) is 50.7 Å². The Morgan fingerprint density at radius 1 is 0.667 bits per heavy atom. The van der Waals surface area contributed by atoms with E-state index < -0.39 is 0 Å². The van der Waals surface area contributed by atoms with E-state index in [4.69, 9.17) is 5.73 Å². The molecule has 0 spiro atoms. The van der Waals surface area contributed by atoms with Crippen molar-refractivity contribution < 1.29 is 0 Å². The maximum absolute atomic E-state index is 5.49. The zero-order valence-electron chi connectivity index (χ0n) is 12.4. The average molecular weight is 281 g/mol. The van der Waals surface area contributed by atoms with Gasteiger partial charge in [0.1, 0.15) is 0 Å². The number of nitrogens with two attached hydrogens (primary N) is 1. The van der Waals surface area contributed by atoms with Crippen molar-refractivity contribution >= 4 is 11.4 Å². The van der Waals surface area contributed by atoms with E-state index in [1.807, 2.05) is 42.5 Å². The predicted molar refractivity (Wildman–Crippen MR) is 88.3 cm³/mol. The van der Waals surface area contributed by atoms with Gasteiger partial charge in [0.2, 0.25) is 0 Å². The zero-order valence-corrected chi connectivity index (χ0v) is 12.4. The number of rotatable bonds is 8. The van der Waals surface area contributed by atoms with Gasteiger partial charge >= 0.3 is 0 Å². The van der Waals surface area contributed by atoms with Gasteiger partial charge in [0, 0.05) is 0 Å². The van der Waals surface area contributed by atoms with E-state index in [2.05, 4.69) is 22.4 Å². The van der Waals surface area contributed by atoms with Gasteiger partial charge in [-0.1, -0.05) is 43.2 Å². The minimum absolute atomic E-state index is 0.807. The molecule has 3 heteroatoms. The highest BCUT2D eigenvalue weighted by molar-refractivity contribution is 5.40. The monoisotopic (exact) mass is 281 g/mol. The fourth-order valence-corrected chi connectivity index (χ4v) is 2.17. The van der Waals surface area contributed by atoms with E-state index in [1.54, 1.807) is 0 Å². The molecule has 2 aromatic carbocycles. The largest absolute Gasteiger partial charge is 0.330 e. The van der Waals surface area contributed by atoms with E-state index >= 15 is 0 Å². The van der Waals surface area contributed by atoms with Gasteiger partial charge < -0.3 is 5.73 Å². The minimum atomic E-state index is 0.807. The SMILES string of the molecule is NCCCCCCc1ccc(N=Nc2ccccc2)cc1. The van der Waals surface area contributed by atoms with Crippen LogP contribution in [0.5, 0.6) is 0 Å². The average Bonchev–Trinajstić information content (AvgIpc) is 2.55. The predicted octanol–water partition coefficient (Wildman–Crippen LogP) is 5.16. The lowest BCUT2D eigenvalue weighted by Gasteiger charge is -2.02. The molecule has 0 aliphatic rings. The highest BCUT2D eigenvalue weighted by atomic mass is 15.1. The van der Waals surface area contributed by atoms with Crippen LogP contribution in [0.1, 0.15) is 31.2 Å². The van der Waals surface area contributed by atoms with Crippen molar-refractivity contribution in [2.75, 3.05) is 6.54 Å². The molecule has 2 aromatic rings. The summed E-state index contributed by atoms with van der Waals surface area (Å²) in [6.45, 7) is 0.807. The molecule has 0 saturated heterocycles. The summed E-state index contributed by atoms with van der Waals surface area (Å²) in [4.78, 5) is 0. The van der Waals surface area contributed by atoms with Crippen LogP contribution < -0.4 is 5.73 Å². The van der Waals surface area contributed by atoms with Crippen molar-refractivity contribution in [3.8, 4) is 0 Å². The van der Waals surface area contributed by atoms with E-state index in [1.165, 1.54) is 24.8 Å². The van der Waals surface area contributed by atoms with Crippen molar-refractivity contribution in [2.45, 2.75) is 32.1 Å². The first-order valence-electron chi connectivity index (χ1n) is 7.64. The maximum atomic E-state index is 5.49. The van der Waals surface area contributed by atoms with Gasteiger partial charge in [0.25, 0.3) is 0 Å². The maximum Gasteiger partial charge on any atom is 0.0857 e. The second kappa shape index (κ2) is 9.03. The first kappa shape index (κ1) is 15.4. The molecular weight excluding hydrogens is 258 g/mol. The third-order valence-electron chi connectivity index (χ3n) is 3.39. The van der Waals surface area contributed by atoms with Gasteiger partial charge in [-0.2, -0.15) is 10.2 Å². The van der Waals surface area contributed by atoms with Gasteiger partial charge in [-0.3, -0.25) is 0 Å². The van der Waals surface area contributed by atoms with Crippen molar-refractivity contribution in [1.82, 2.24) is 0 Å². The molecule has 0 fully saturated rings. The molecule has 0 atom stereocenters. The van der Waals surface area contributed by atoms with E-state index in [0.29, 0.717) is 0 Å². The second-order valence-electron chi connectivity index (χ2n) is 5.15. The van der Waals surface area contributed by atoms with E-state index in [9.17, 15) is 0 Å². The van der Waals surface area contributed by atoms with Gasteiger partial charge in [-0.05, 0) is 55.6 Å². The molecule has 110 valence electrons. The Balaban J connectivity index is 1.80. The smallest absolute Gasteiger partial charge is 0.0857 e. The molecule has 0 aromatic heterocycles. The molecule has 0 saturated carbocycles. The summed E-state index contributed by atoms with van der Waals surface area (Å²) in [6, 6.07) is 18.1. The molecule has 3 nitrogen and oxygen atoms in total. The van der Waals surface area contributed by atoms with Gasteiger partial charge in [-0.25, -0.2) is 0 Å². The molecule has 0 aliphatic carbocycles. The fraction of sp³-hybridized carbons (Fsp3) is 0.333. The lowest BCUT2D eigenvalue weighted by Crippen LogP contribution is -1.97. The number of aryl methyl sites for hydroxylation is 1. The van der Waals surface area contributed by atoms with Crippen LogP contribution in [0.3, 0.4) is 0 Å². The van der Waals surface area contributed by atoms with Crippen LogP contribution in [-0.2, 0) is 6.42 Å². The Bertz CT molecular complexity index is 532. The first-order valence-corrected chi connectivity index (χ1v) is 7.64. The molecule has 0 radical (unpaired) electrons. The first-order chi connectivity index (χ1) is 10.4. The molecule has 0 unspecified atom stereocenters. The van der Waals surface area contributed by atoms with Crippen LogP contribution >= 0.6 is 0 Å². The molecule has 2 rings (SSSR count). The van der Waals surface area contributed by atoms with Crippen LogP contribution in [0.15, 0.2) is 64.8 Å². The summed E-state index contributed by atoms with van der Waals surface area (Å²) in [7, 11) is 0. The summed E-state index contributed by atoms with van der Waals surface area (Å²) >= 11 is 0. The number of hydrogen-bond donors (Lipinski definition) is 1. The summed E-state index contributed by atoms with van der Waals surface area (Å²) in [5.41, 5.74) is 8.62. The Morgan fingerprint density at radius 2 is 1.29 bits per heavy atom. The highest BCUT2D eigenvalue weighted by Gasteiger charge is 1.95. The zero-order chi connectivity index (χ0) is 14.8. The summed E-state index contributed by atoms with van der Waals surface area (Å²) in [5.74, 6) is 0. The van der Waals surface area contributed by atoms with Crippen LogP contribution in [0.25, 0.3) is 0 Å². The van der Waals surface area contributed by atoms with E-state index in [-0.39, 0.29) is 0 Å². The Kier molecular flexibility index (Phi) is 6.62. The summed E-state index contributed by atoms with van der Waals surface area (Å²) in [5, 5.41) is 8.46. The van der Waals surface area contributed by atoms with Crippen LogP contribution in [0, 0.1) is 0 Å². The molecular formula is C18H23N3. The molecule has 0 aliphatic heterocycles. The Hall–Kier alpha value is -2.00. The van der Waals surface area contributed by atoms with E-state index in [0.717, 1.165) is 30.8 Å². The van der Waals surface area contributed by atoms with Crippen molar-refractivity contribution in [3.05, 3.63) is 60.2 Å². The number of nitrogens with zero attached hydrogens (tertiary/aromatic N) is 2. The highest BCUT2D eigenvalue weighted by Crippen LogP contribution is 2.19. The van der Waals surface area contributed by atoms with Gasteiger partial charge in [-0.15, -0.1) is 0 Å². The van der Waals surface area contributed by atoms with Gasteiger partial charge in [0.15, 0.2) is 0 Å². The lowest BCUT2D eigenvalue weighted by atomic mass is 10.1. The van der Waals surface area contributed by atoms with Crippen LogP contribution in [-0.4, -0.2) is 6.54 Å². The standard InChI is InChI=1S/C18H23N3/c19-15-7-2-1-4-8-16-11-13-18(14-12-16)21-20-17-9-5-3-6-10-17/h3,5-6,9-14H,1-2,4,7-8,15,19H2. The number of azo groups is 1. The third kappa shape index (κ3) is 5.88. The van der Waals surface area contributed by atoms with Crippen molar-refractivity contribution in [1.29, 1.82) is 0 Å². The Labute approximate surface area is 126 Å². The quantitative estimate of drug-likeness (QED) is 0.527. The minimum Gasteiger partial charge on any atom is -0.330 e. The molecule has 21 heavy (non-hydrogen) atoms. The van der Waals surface area contributed by atoms with Crippen LogP contribution in [0.4, 0.5) is 11.4 Å². The third-order valence-corrected chi connectivity index (χ3v) is 3.39. The Morgan fingerprint density at radius 3 is 1.95 bits per heavy atom.